The predicted molar refractivity (Wildman–Crippen MR) is 227 cm³/mol. The highest BCUT2D eigenvalue weighted by Gasteiger charge is 2.44. The van der Waals surface area contributed by atoms with Gasteiger partial charge in [0.1, 0.15) is 0 Å². The molecule has 7 aliphatic rings. The quantitative estimate of drug-likeness (QED) is 0.133. The Balaban J connectivity index is 0.000000114. The van der Waals surface area contributed by atoms with E-state index in [1.165, 1.54) is 74.1 Å². The second-order valence-corrected chi connectivity index (χ2v) is 16.1. The molecule has 7 heteroatoms. The lowest BCUT2D eigenvalue weighted by Crippen LogP contribution is -2.33. The van der Waals surface area contributed by atoms with E-state index in [4.69, 9.17) is 14.2 Å². The molecule has 0 aromatic heterocycles. The third kappa shape index (κ3) is 12.9. The second kappa shape index (κ2) is 20.7. The zero-order valence-corrected chi connectivity index (χ0v) is 32.5. The van der Waals surface area contributed by atoms with Crippen molar-refractivity contribution < 1.29 is 14.2 Å². The van der Waals surface area contributed by atoms with Crippen molar-refractivity contribution >= 4 is 0 Å². The zero-order chi connectivity index (χ0) is 37.1. The summed E-state index contributed by atoms with van der Waals surface area (Å²) in [4.78, 5) is 9.94. The molecular weight excluding hydrogens is 693 g/mol. The number of piperidine rings is 3. The molecule has 0 radical (unpaired) electrons. The summed E-state index contributed by atoms with van der Waals surface area (Å²) in [7, 11) is 0. The monoisotopic (exact) mass is 756 g/mol. The highest BCUT2D eigenvalue weighted by atomic mass is 16.6. The van der Waals surface area contributed by atoms with Gasteiger partial charge in [-0.25, -0.2) is 0 Å². The van der Waals surface area contributed by atoms with E-state index in [9.17, 15) is 0 Å². The Morgan fingerprint density at radius 2 is 0.696 bits per heavy atom. The normalized spacial score (nSPS) is 27.4. The molecule has 11 rings (SSSR count). The van der Waals surface area contributed by atoms with Crippen molar-refractivity contribution in [3.63, 3.8) is 0 Å². The average molecular weight is 757 g/mol. The molecule has 0 N–H and O–H groups in total. The highest BCUT2D eigenvalue weighted by molar-refractivity contribution is 5.17. The molecule has 7 nitrogen and oxygen atoms in total. The van der Waals surface area contributed by atoms with Crippen molar-refractivity contribution in [1.29, 1.82) is 0 Å². The van der Waals surface area contributed by atoms with Crippen LogP contribution in [-0.4, -0.2) is 109 Å². The molecule has 0 spiro atoms. The van der Waals surface area contributed by atoms with E-state index in [-0.39, 0.29) is 7.43 Å². The van der Waals surface area contributed by atoms with Crippen LogP contribution in [0.4, 0.5) is 0 Å². The Labute approximate surface area is 336 Å². The maximum atomic E-state index is 5.50. The SMILES string of the molecule is C.C1=CCN(Cc2ccccc2)CC1.c1ccc(CN2CCC3OC3C2)cc1.c1ccc(CN2CCC3OC3C2)cc1.c1ccc(CN2CCC3OC3C2)cc1. The van der Waals surface area contributed by atoms with Crippen molar-refractivity contribution in [3.8, 4) is 0 Å². The van der Waals surface area contributed by atoms with Crippen LogP contribution in [0.2, 0.25) is 0 Å². The van der Waals surface area contributed by atoms with Crippen molar-refractivity contribution in [2.75, 3.05) is 52.4 Å². The minimum Gasteiger partial charge on any atom is -0.368 e. The molecule has 6 fully saturated rings. The van der Waals surface area contributed by atoms with Crippen LogP contribution < -0.4 is 0 Å². The van der Waals surface area contributed by atoms with Gasteiger partial charge in [0.2, 0.25) is 0 Å². The van der Waals surface area contributed by atoms with E-state index in [0.29, 0.717) is 36.6 Å². The Bertz CT molecular complexity index is 1570. The number of rotatable bonds is 8. The van der Waals surface area contributed by atoms with E-state index in [1.807, 2.05) is 0 Å². The molecule has 298 valence electrons. The summed E-state index contributed by atoms with van der Waals surface area (Å²) in [5.74, 6) is 0. The van der Waals surface area contributed by atoms with E-state index in [0.717, 1.165) is 52.4 Å². The molecule has 6 saturated heterocycles. The number of likely N-dealkylation sites (tertiary alicyclic amines) is 3. The minimum atomic E-state index is 0. The van der Waals surface area contributed by atoms with Crippen molar-refractivity contribution in [2.45, 2.75) is 95.9 Å². The lowest BCUT2D eigenvalue weighted by molar-refractivity contribution is 0.237. The Hall–Kier alpha value is -3.66. The van der Waals surface area contributed by atoms with Crippen molar-refractivity contribution in [3.05, 3.63) is 156 Å². The number of epoxide rings is 3. The molecule has 4 aromatic carbocycles. The van der Waals surface area contributed by atoms with E-state index in [1.54, 1.807) is 0 Å². The molecule has 7 heterocycles. The summed E-state index contributed by atoms with van der Waals surface area (Å²) >= 11 is 0. The van der Waals surface area contributed by atoms with Gasteiger partial charge in [-0.2, -0.15) is 0 Å². The Kier molecular flexibility index (Phi) is 15.0. The summed E-state index contributed by atoms with van der Waals surface area (Å²) in [6, 6.07) is 42.7. The third-order valence-electron chi connectivity index (χ3n) is 11.7. The summed E-state index contributed by atoms with van der Waals surface area (Å²) in [5, 5.41) is 0. The maximum Gasteiger partial charge on any atom is 0.0969 e. The number of nitrogens with zero attached hydrogens (tertiary/aromatic N) is 4. The van der Waals surface area contributed by atoms with Gasteiger partial charge in [0.25, 0.3) is 0 Å². The second-order valence-electron chi connectivity index (χ2n) is 16.1. The van der Waals surface area contributed by atoms with Gasteiger partial charge in [-0.15, -0.1) is 0 Å². The van der Waals surface area contributed by atoms with E-state index >= 15 is 0 Å². The largest absolute Gasteiger partial charge is 0.368 e. The van der Waals surface area contributed by atoms with Crippen LogP contribution in [0.15, 0.2) is 133 Å². The van der Waals surface area contributed by atoms with Crippen LogP contribution in [0.1, 0.15) is 55.4 Å². The van der Waals surface area contributed by atoms with Crippen molar-refractivity contribution in [2.24, 2.45) is 0 Å². The topological polar surface area (TPSA) is 50.6 Å². The van der Waals surface area contributed by atoms with Crippen LogP contribution in [0.25, 0.3) is 0 Å². The smallest absolute Gasteiger partial charge is 0.0969 e. The van der Waals surface area contributed by atoms with Crippen molar-refractivity contribution in [1.82, 2.24) is 19.6 Å². The predicted octanol–water partition coefficient (Wildman–Crippen LogP) is 8.06. The molecule has 6 atom stereocenters. The number of hydrogen-bond donors (Lipinski definition) is 0. The fraction of sp³-hybridized carbons (Fsp3) is 0.469. The van der Waals surface area contributed by atoms with E-state index in [2.05, 4.69) is 153 Å². The van der Waals surface area contributed by atoms with Crippen LogP contribution >= 0.6 is 0 Å². The highest BCUT2D eigenvalue weighted by Crippen LogP contribution is 2.33. The standard InChI is InChI=1S/3C12H15NO.C12H15N.CH4/c3*1-2-4-10(5-3-1)8-13-7-6-11-12(9-13)14-11;1-3-7-12(8-4-1)11-13-9-5-2-6-10-13;/h3*1-5,11-12H,6-9H2;1-5,7-8H,6,9-11H2;1H4. The van der Waals surface area contributed by atoms with Gasteiger partial charge in [-0.3, -0.25) is 19.6 Å². The first-order valence-corrected chi connectivity index (χ1v) is 20.9. The van der Waals surface area contributed by atoms with Gasteiger partial charge in [-0.1, -0.05) is 141 Å². The molecule has 7 aliphatic heterocycles. The fourth-order valence-corrected chi connectivity index (χ4v) is 8.38. The van der Waals surface area contributed by atoms with Crippen LogP contribution in [0, 0.1) is 0 Å². The van der Waals surface area contributed by atoms with Gasteiger partial charge in [0.15, 0.2) is 0 Å². The summed E-state index contributed by atoms with van der Waals surface area (Å²) in [5.41, 5.74) is 5.64. The lowest BCUT2D eigenvalue weighted by atomic mass is 10.1. The summed E-state index contributed by atoms with van der Waals surface area (Å²) in [6.45, 7) is 13.6. The van der Waals surface area contributed by atoms with Crippen LogP contribution in [0.3, 0.4) is 0 Å². The fourth-order valence-electron chi connectivity index (χ4n) is 8.38. The molecule has 0 bridgehead atoms. The summed E-state index contributed by atoms with van der Waals surface area (Å²) in [6.07, 6.45) is 12.8. The molecular formula is C49H64N4O3. The van der Waals surface area contributed by atoms with Gasteiger partial charge in [-0.05, 0) is 47.9 Å². The lowest BCUT2D eigenvalue weighted by Gasteiger charge is -2.23. The van der Waals surface area contributed by atoms with Crippen LogP contribution in [0.5, 0.6) is 0 Å². The number of benzene rings is 4. The van der Waals surface area contributed by atoms with E-state index < -0.39 is 0 Å². The van der Waals surface area contributed by atoms with Gasteiger partial charge < -0.3 is 14.2 Å². The zero-order valence-electron chi connectivity index (χ0n) is 32.5. The first kappa shape index (κ1) is 40.5. The number of ether oxygens (including phenoxy) is 3. The minimum absolute atomic E-state index is 0. The molecule has 0 amide bonds. The number of hydrogen-bond acceptors (Lipinski definition) is 7. The van der Waals surface area contributed by atoms with Crippen LogP contribution in [-0.2, 0) is 40.4 Å². The van der Waals surface area contributed by atoms with Gasteiger partial charge in [0, 0.05) is 78.5 Å². The Morgan fingerprint density at radius 3 is 0.982 bits per heavy atom. The third-order valence-corrected chi connectivity index (χ3v) is 11.7. The average Bonchev–Trinajstić information content (AvgIpc) is 4.14. The number of fused-ring (bicyclic) bond motifs is 3. The molecule has 6 unspecified atom stereocenters. The molecule has 0 aliphatic carbocycles. The van der Waals surface area contributed by atoms with Gasteiger partial charge in [0.05, 0.1) is 36.6 Å². The maximum absolute atomic E-state index is 5.50. The molecule has 0 saturated carbocycles. The first-order chi connectivity index (χ1) is 27.2. The first-order valence-electron chi connectivity index (χ1n) is 20.9. The Morgan fingerprint density at radius 1 is 0.375 bits per heavy atom. The molecule has 56 heavy (non-hydrogen) atoms. The molecule has 4 aromatic rings. The van der Waals surface area contributed by atoms with Gasteiger partial charge >= 0.3 is 0 Å². The summed E-state index contributed by atoms with van der Waals surface area (Å²) < 4.78 is 16.5.